The van der Waals surface area contributed by atoms with Crippen molar-refractivity contribution in [3.63, 3.8) is 0 Å². The zero-order valence-corrected chi connectivity index (χ0v) is 16.9. The molecule has 0 bridgehead atoms. The number of ether oxygens (including phenoxy) is 3. The molecule has 0 N–H and O–H groups in total. The lowest BCUT2D eigenvalue weighted by atomic mass is 10.1. The molecule has 0 saturated carbocycles. The van der Waals surface area contributed by atoms with E-state index in [0.717, 1.165) is 17.7 Å². The standard InChI is InChI=1S/C24H28O5/c1-2-3-4-5-6-7-8-15-27-20-12-9-18(10-13-20)24(26)28-21-14-11-19-16-23(25)29-22(19)17-21/h9-14,17H,2-8,15-16H2,1H3. The van der Waals surface area contributed by atoms with Crippen molar-refractivity contribution < 1.29 is 23.8 Å². The van der Waals surface area contributed by atoms with E-state index in [-0.39, 0.29) is 12.4 Å². The number of hydrogen-bond donors (Lipinski definition) is 0. The van der Waals surface area contributed by atoms with Gasteiger partial charge in [0.25, 0.3) is 0 Å². The molecule has 0 spiro atoms. The lowest BCUT2D eigenvalue weighted by Gasteiger charge is -2.08. The lowest BCUT2D eigenvalue weighted by molar-refractivity contribution is -0.131. The third-order valence-corrected chi connectivity index (χ3v) is 4.91. The molecule has 1 aliphatic heterocycles. The first-order chi connectivity index (χ1) is 14.2. The van der Waals surface area contributed by atoms with Crippen LogP contribution in [0, 0.1) is 0 Å². The van der Waals surface area contributed by atoms with Crippen LogP contribution in [-0.4, -0.2) is 18.5 Å². The fourth-order valence-electron chi connectivity index (χ4n) is 3.26. The number of fused-ring (bicyclic) bond motifs is 1. The minimum atomic E-state index is -0.465. The van der Waals surface area contributed by atoms with Crippen LogP contribution in [0.15, 0.2) is 42.5 Å². The molecule has 1 aliphatic rings. The van der Waals surface area contributed by atoms with E-state index in [4.69, 9.17) is 14.2 Å². The Morgan fingerprint density at radius 3 is 2.38 bits per heavy atom. The van der Waals surface area contributed by atoms with Gasteiger partial charge < -0.3 is 14.2 Å². The molecule has 0 saturated heterocycles. The number of unbranched alkanes of at least 4 members (excludes halogenated alkanes) is 6. The average molecular weight is 396 g/mol. The summed E-state index contributed by atoms with van der Waals surface area (Å²) in [6.45, 7) is 2.91. The predicted octanol–water partition coefficient (Wildman–Crippen LogP) is 5.50. The number of carbonyl (C=O) groups is 2. The van der Waals surface area contributed by atoms with E-state index >= 15 is 0 Å². The van der Waals surface area contributed by atoms with E-state index in [1.165, 1.54) is 38.5 Å². The van der Waals surface area contributed by atoms with Crippen LogP contribution in [-0.2, 0) is 11.2 Å². The summed E-state index contributed by atoms with van der Waals surface area (Å²) in [5, 5.41) is 0. The van der Waals surface area contributed by atoms with Crippen molar-refractivity contribution in [2.45, 2.75) is 58.3 Å². The number of hydrogen-bond acceptors (Lipinski definition) is 5. The van der Waals surface area contributed by atoms with Gasteiger partial charge in [-0.05, 0) is 36.8 Å². The van der Waals surface area contributed by atoms with Crippen molar-refractivity contribution in [1.29, 1.82) is 0 Å². The highest BCUT2D eigenvalue weighted by Crippen LogP contribution is 2.30. The number of benzene rings is 2. The topological polar surface area (TPSA) is 61.8 Å². The maximum Gasteiger partial charge on any atom is 0.343 e. The van der Waals surface area contributed by atoms with Gasteiger partial charge in [-0.2, -0.15) is 0 Å². The first-order valence-electron chi connectivity index (χ1n) is 10.4. The predicted molar refractivity (Wildman–Crippen MR) is 111 cm³/mol. The minimum Gasteiger partial charge on any atom is -0.494 e. The van der Waals surface area contributed by atoms with E-state index in [2.05, 4.69) is 6.92 Å². The van der Waals surface area contributed by atoms with E-state index < -0.39 is 5.97 Å². The Hall–Kier alpha value is -2.82. The van der Waals surface area contributed by atoms with Gasteiger partial charge in [0.2, 0.25) is 0 Å². The molecule has 0 atom stereocenters. The average Bonchev–Trinajstić information content (AvgIpc) is 3.09. The summed E-state index contributed by atoms with van der Waals surface area (Å²) in [4.78, 5) is 23.6. The quantitative estimate of drug-likeness (QED) is 0.285. The summed E-state index contributed by atoms with van der Waals surface area (Å²) >= 11 is 0. The Morgan fingerprint density at radius 1 is 0.931 bits per heavy atom. The van der Waals surface area contributed by atoms with E-state index in [0.29, 0.717) is 23.7 Å². The van der Waals surface area contributed by atoms with Crippen molar-refractivity contribution in [1.82, 2.24) is 0 Å². The second-order valence-electron chi connectivity index (χ2n) is 7.30. The molecule has 5 nitrogen and oxygen atoms in total. The summed E-state index contributed by atoms with van der Waals surface area (Å²) in [6, 6.07) is 11.9. The van der Waals surface area contributed by atoms with Crippen LogP contribution in [0.1, 0.15) is 67.8 Å². The highest BCUT2D eigenvalue weighted by Gasteiger charge is 2.21. The van der Waals surface area contributed by atoms with Gasteiger partial charge in [0.15, 0.2) is 0 Å². The van der Waals surface area contributed by atoms with Crippen LogP contribution in [0.4, 0.5) is 0 Å². The van der Waals surface area contributed by atoms with Crippen LogP contribution < -0.4 is 14.2 Å². The molecule has 154 valence electrons. The molecular formula is C24H28O5. The monoisotopic (exact) mass is 396 g/mol. The molecule has 5 heteroatoms. The molecule has 0 aromatic heterocycles. The SMILES string of the molecule is CCCCCCCCCOc1ccc(C(=O)Oc2ccc3c(c2)OC(=O)C3)cc1. The van der Waals surface area contributed by atoms with Crippen LogP contribution in [0.3, 0.4) is 0 Å². The van der Waals surface area contributed by atoms with Crippen LogP contribution in [0.25, 0.3) is 0 Å². The molecule has 3 rings (SSSR count). The second-order valence-corrected chi connectivity index (χ2v) is 7.30. The largest absolute Gasteiger partial charge is 0.494 e. The highest BCUT2D eigenvalue weighted by molar-refractivity contribution is 5.91. The number of rotatable bonds is 11. The zero-order valence-electron chi connectivity index (χ0n) is 16.9. The zero-order chi connectivity index (χ0) is 20.5. The van der Waals surface area contributed by atoms with Gasteiger partial charge in [-0.25, -0.2) is 4.79 Å². The van der Waals surface area contributed by atoms with Crippen LogP contribution in [0.2, 0.25) is 0 Å². The van der Waals surface area contributed by atoms with E-state index in [1.54, 1.807) is 42.5 Å². The molecule has 1 heterocycles. The second kappa shape index (κ2) is 10.6. The summed E-state index contributed by atoms with van der Waals surface area (Å²) in [6.07, 6.45) is 8.96. The highest BCUT2D eigenvalue weighted by atomic mass is 16.5. The Morgan fingerprint density at radius 2 is 1.62 bits per heavy atom. The Balaban J connectivity index is 1.41. The smallest absolute Gasteiger partial charge is 0.343 e. The summed E-state index contributed by atoms with van der Waals surface area (Å²) < 4.78 is 16.2. The van der Waals surface area contributed by atoms with Gasteiger partial charge in [-0.15, -0.1) is 0 Å². The summed E-state index contributed by atoms with van der Waals surface area (Å²) in [5.74, 6) is 0.789. The molecule has 0 aliphatic carbocycles. The van der Waals surface area contributed by atoms with Crippen LogP contribution >= 0.6 is 0 Å². The van der Waals surface area contributed by atoms with Gasteiger partial charge in [0, 0.05) is 11.6 Å². The third kappa shape index (κ3) is 6.34. The summed E-state index contributed by atoms with van der Waals surface area (Å²) in [7, 11) is 0. The maximum absolute atomic E-state index is 12.3. The van der Waals surface area contributed by atoms with E-state index in [9.17, 15) is 9.59 Å². The molecule has 0 unspecified atom stereocenters. The van der Waals surface area contributed by atoms with Crippen molar-refractivity contribution in [3.05, 3.63) is 53.6 Å². The first-order valence-corrected chi connectivity index (χ1v) is 10.4. The molecule has 2 aromatic carbocycles. The Kier molecular flexibility index (Phi) is 7.68. The van der Waals surface area contributed by atoms with Crippen molar-refractivity contribution in [2.24, 2.45) is 0 Å². The minimum absolute atomic E-state index is 0.254. The fraction of sp³-hybridized carbons (Fsp3) is 0.417. The van der Waals surface area contributed by atoms with Crippen LogP contribution in [0.5, 0.6) is 17.2 Å². The fourth-order valence-corrected chi connectivity index (χ4v) is 3.26. The van der Waals surface area contributed by atoms with Gasteiger partial charge in [0.05, 0.1) is 18.6 Å². The normalized spacial score (nSPS) is 12.4. The molecule has 2 aromatic rings. The van der Waals surface area contributed by atoms with Crippen molar-refractivity contribution >= 4 is 11.9 Å². The van der Waals surface area contributed by atoms with Gasteiger partial charge in [0.1, 0.15) is 17.2 Å². The van der Waals surface area contributed by atoms with Crippen molar-refractivity contribution in [2.75, 3.05) is 6.61 Å². The van der Waals surface area contributed by atoms with Gasteiger partial charge in [-0.1, -0.05) is 51.5 Å². The number of esters is 2. The molecule has 0 amide bonds. The molecule has 0 radical (unpaired) electrons. The first kappa shape index (κ1) is 20.9. The van der Waals surface area contributed by atoms with Crippen molar-refractivity contribution in [3.8, 4) is 17.2 Å². The van der Waals surface area contributed by atoms with E-state index in [1.807, 2.05) is 0 Å². The number of carbonyl (C=O) groups excluding carboxylic acids is 2. The molecule has 0 fully saturated rings. The maximum atomic E-state index is 12.3. The summed E-state index contributed by atoms with van der Waals surface area (Å²) in [5.41, 5.74) is 1.24. The lowest BCUT2D eigenvalue weighted by Crippen LogP contribution is -2.08. The Bertz CT molecular complexity index is 826. The van der Waals surface area contributed by atoms with Gasteiger partial charge >= 0.3 is 11.9 Å². The van der Waals surface area contributed by atoms with Gasteiger partial charge in [-0.3, -0.25) is 4.79 Å². The third-order valence-electron chi connectivity index (χ3n) is 4.91. The Labute approximate surface area is 172 Å². The molecule has 29 heavy (non-hydrogen) atoms. The molecular weight excluding hydrogens is 368 g/mol.